The van der Waals surface area contributed by atoms with Crippen molar-refractivity contribution in [2.45, 2.75) is 11.8 Å². The maximum absolute atomic E-state index is 5.75. The average Bonchev–Trinajstić information content (AvgIpc) is 2.09. The first-order valence-electron chi connectivity index (χ1n) is 3.92. The van der Waals surface area contributed by atoms with E-state index in [4.69, 9.17) is 11.6 Å². The fraction of sp³-hybridized carbons (Fsp3) is 0.333. The molecule has 0 unspecified atom stereocenters. The second-order valence-corrected chi connectivity index (χ2v) is 3.83. The number of halogens is 1. The van der Waals surface area contributed by atoms with Gasteiger partial charge >= 0.3 is 0 Å². The Kier molecular flexibility index (Phi) is 4.51. The minimum Gasteiger partial charge on any atom is -0.308 e. The predicted molar refractivity (Wildman–Crippen MR) is 55.9 cm³/mol. The van der Waals surface area contributed by atoms with Crippen LogP contribution >= 0.6 is 23.4 Å². The van der Waals surface area contributed by atoms with Crippen LogP contribution in [0.2, 0.25) is 5.02 Å². The van der Waals surface area contributed by atoms with E-state index >= 15 is 0 Å². The zero-order valence-electron chi connectivity index (χ0n) is 7.01. The van der Waals surface area contributed by atoms with Crippen molar-refractivity contribution in [2.24, 2.45) is 0 Å². The minimum absolute atomic E-state index is 0.794. The van der Waals surface area contributed by atoms with Crippen LogP contribution in [0.1, 0.15) is 6.92 Å². The van der Waals surface area contributed by atoms with E-state index in [9.17, 15) is 0 Å². The van der Waals surface area contributed by atoms with Crippen LogP contribution in [0.3, 0.4) is 0 Å². The molecule has 0 aliphatic carbocycles. The monoisotopic (exact) mass is 201 g/mol. The van der Waals surface area contributed by atoms with Gasteiger partial charge in [-0.05, 0) is 30.8 Å². The Morgan fingerprint density at radius 1 is 1.33 bits per heavy atom. The first-order valence-corrected chi connectivity index (χ1v) is 5.28. The van der Waals surface area contributed by atoms with Gasteiger partial charge in [-0.2, -0.15) is 0 Å². The zero-order chi connectivity index (χ0) is 8.81. The number of thioether (sulfide) groups is 1. The lowest BCUT2D eigenvalue weighted by atomic mass is 10.4. The molecule has 0 bridgehead atoms. The van der Waals surface area contributed by atoms with E-state index in [-0.39, 0.29) is 0 Å². The summed E-state index contributed by atoms with van der Waals surface area (Å²) in [4.78, 5) is 1.25. The molecule has 0 amide bonds. The summed E-state index contributed by atoms with van der Waals surface area (Å²) >= 11 is 7.53. The maximum Gasteiger partial charge on any atom is 0.0465 e. The Morgan fingerprint density at radius 2 is 2.00 bits per heavy atom. The molecule has 66 valence electrons. The van der Waals surface area contributed by atoms with Gasteiger partial charge < -0.3 is 5.32 Å². The van der Waals surface area contributed by atoms with Gasteiger partial charge in [0.1, 0.15) is 0 Å². The van der Waals surface area contributed by atoms with Gasteiger partial charge in [-0.15, -0.1) is 11.8 Å². The normalized spacial score (nSPS) is 10.2. The summed E-state index contributed by atoms with van der Waals surface area (Å²) in [6, 6.07) is 7.89. The fourth-order valence-corrected chi connectivity index (χ4v) is 1.69. The molecule has 12 heavy (non-hydrogen) atoms. The highest BCUT2D eigenvalue weighted by atomic mass is 35.5. The molecule has 0 heterocycles. The number of benzene rings is 1. The molecule has 0 fully saturated rings. The third kappa shape index (κ3) is 3.48. The van der Waals surface area contributed by atoms with Gasteiger partial charge in [0.25, 0.3) is 0 Å². The molecule has 1 aromatic carbocycles. The van der Waals surface area contributed by atoms with Crippen molar-refractivity contribution >= 4 is 23.4 Å². The lowest BCUT2D eigenvalue weighted by molar-refractivity contribution is 0.839. The summed E-state index contributed by atoms with van der Waals surface area (Å²) in [5, 5.41) is 4.04. The van der Waals surface area contributed by atoms with Gasteiger partial charge in [0, 0.05) is 15.8 Å². The summed E-state index contributed by atoms with van der Waals surface area (Å²) in [5.41, 5.74) is 0. The lowest BCUT2D eigenvalue weighted by Crippen LogP contribution is -2.10. The van der Waals surface area contributed by atoms with Crippen molar-refractivity contribution in [3.63, 3.8) is 0 Å². The molecule has 1 N–H and O–H groups in total. The Hall–Kier alpha value is -0.180. The Labute approximate surface area is 82.5 Å². The van der Waals surface area contributed by atoms with E-state index in [1.54, 1.807) is 11.8 Å². The van der Waals surface area contributed by atoms with Crippen molar-refractivity contribution in [1.82, 2.24) is 5.32 Å². The van der Waals surface area contributed by atoms with Crippen LogP contribution in [0.15, 0.2) is 29.2 Å². The Morgan fingerprint density at radius 3 is 2.58 bits per heavy atom. The number of hydrogen-bond donors (Lipinski definition) is 1. The first-order chi connectivity index (χ1) is 5.83. The fourth-order valence-electron chi connectivity index (χ4n) is 0.767. The van der Waals surface area contributed by atoms with Crippen LogP contribution in [-0.2, 0) is 0 Å². The quantitative estimate of drug-likeness (QED) is 0.457. The number of hydrogen-bond acceptors (Lipinski definition) is 2. The van der Waals surface area contributed by atoms with Crippen LogP contribution < -0.4 is 5.32 Å². The summed E-state index contributed by atoms with van der Waals surface area (Å²) in [6.07, 6.45) is 0. The molecule has 0 aliphatic heterocycles. The highest BCUT2D eigenvalue weighted by molar-refractivity contribution is 7.99. The molecular weight excluding hydrogens is 190 g/mol. The highest BCUT2D eigenvalue weighted by Gasteiger charge is 1.91. The summed E-state index contributed by atoms with van der Waals surface area (Å²) in [5.74, 6) is 0.956. The predicted octanol–water partition coefficient (Wildman–Crippen LogP) is 3.00. The molecular formula is C9H12ClNS. The van der Waals surface area contributed by atoms with Gasteiger partial charge in [0.05, 0.1) is 0 Å². The molecule has 0 radical (unpaired) electrons. The Balaban J connectivity index is 2.37. The van der Waals surface area contributed by atoms with Crippen LogP contribution in [0.4, 0.5) is 0 Å². The van der Waals surface area contributed by atoms with E-state index in [0.717, 1.165) is 17.4 Å². The smallest absolute Gasteiger partial charge is 0.0465 e. The van der Waals surface area contributed by atoms with Crippen LogP contribution in [0.25, 0.3) is 0 Å². The second-order valence-electron chi connectivity index (χ2n) is 2.35. The molecule has 0 atom stereocenters. The summed E-state index contributed by atoms with van der Waals surface area (Å²) in [7, 11) is 0. The Bertz CT molecular complexity index is 222. The van der Waals surface area contributed by atoms with Gasteiger partial charge in [0.15, 0.2) is 0 Å². The molecule has 0 saturated heterocycles. The van der Waals surface area contributed by atoms with Crippen LogP contribution in [0, 0.1) is 0 Å². The third-order valence-corrected chi connectivity index (χ3v) is 2.61. The summed E-state index contributed by atoms with van der Waals surface area (Å²) < 4.78 is 0. The summed E-state index contributed by atoms with van der Waals surface area (Å²) in [6.45, 7) is 3.11. The molecule has 1 aromatic rings. The number of nitrogens with one attached hydrogen (secondary N) is 1. The van der Waals surface area contributed by atoms with Crippen molar-refractivity contribution in [3.05, 3.63) is 29.3 Å². The van der Waals surface area contributed by atoms with Gasteiger partial charge in [0.2, 0.25) is 0 Å². The van der Waals surface area contributed by atoms with Crippen molar-refractivity contribution in [3.8, 4) is 0 Å². The maximum atomic E-state index is 5.75. The van der Waals surface area contributed by atoms with Gasteiger partial charge in [-0.3, -0.25) is 0 Å². The van der Waals surface area contributed by atoms with Crippen molar-refractivity contribution in [2.75, 3.05) is 12.4 Å². The van der Waals surface area contributed by atoms with E-state index in [1.165, 1.54) is 4.90 Å². The van der Waals surface area contributed by atoms with E-state index < -0.39 is 0 Å². The molecule has 1 rings (SSSR count). The van der Waals surface area contributed by atoms with E-state index in [2.05, 4.69) is 12.2 Å². The zero-order valence-corrected chi connectivity index (χ0v) is 8.58. The molecule has 0 aliphatic rings. The second kappa shape index (κ2) is 5.46. The highest BCUT2D eigenvalue weighted by Crippen LogP contribution is 2.18. The SMILES string of the molecule is CCNCSc1ccc(Cl)cc1. The number of rotatable bonds is 4. The molecule has 0 aromatic heterocycles. The molecule has 1 nitrogen and oxygen atoms in total. The minimum atomic E-state index is 0.794. The lowest BCUT2D eigenvalue weighted by Gasteiger charge is -2.01. The molecule has 0 saturated carbocycles. The van der Waals surface area contributed by atoms with E-state index in [1.807, 2.05) is 24.3 Å². The standard InChI is InChI=1S/C9H12ClNS/c1-2-11-7-12-9-5-3-8(10)4-6-9/h3-6,11H,2,7H2,1H3. The van der Waals surface area contributed by atoms with Crippen molar-refractivity contribution < 1.29 is 0 Å². The first kappa shape index (κ1) is 9.90. The van der Waals surface area contributed by atoms with Crippen LogP contribution in [0.5, 0.6) is 0 Å². The van der Waals surface area contributed by atoms with Gasteiger partial charge in [-0.1, -0.05) is 18.5 Å². The van der Waals surface area contributed by atoms with E-state index in [0.29, 0.717) is 0 Å². The average molecular weight is 202 g/mol. The topological polar surface area (TPSA) is 12.0 Å². The largest absolute Gasteiger partial charge is 0.308 e. The van der Waals surface area contributed by atoms with Crippen LogP contribution in [-0.4, -0.2) is 12.4 Å². The third-order valence-electron chi connectivity index (χ3n) is 1.40. The van der Waals surface area contributed by atoms with Crippen molar-refractivity contribution in [1.29, 1.82) is 0 Å². The molecule has 0 spiro atoms. The molecule has 3 heteroatoms. The van der Waals surface area contributed by atoms with Gasteiger partial charge in [-0.25, -0.2) is 0 Å².